The van der Waals surface area contributed by atoms with Gasteiger partial charge in [-0.25, -0.2) is 14.8 Å². The molecule has 158 valence electrons. The van der Waals surface area contributed by atoms with Crippen LogP contribution in [0.1, 0.15) is 16.9 Å². The number of aryl methyl sites for hydroxylation is 4. The van der Waals surface area contributed by atoms with Gasteiger partial charge in [0.25, 0.3) is 11.1 Å². The summed E-state index contributed by atoms with van der Waals surface area (Å²) in [5.41, 5.74) is 1.01. The molecule has 4 aromatic rings. The first-order valence-electron chi connectivity index (χ1n) is 9.42. The van der Waals surface area contributed by atoms with Crippen LogP contribution in [0.15, 0.2) is 25.9 Å². The van der Waals surface area contributed by atoms with Crippen LogP contribution in [0, 0.1) is 13.8 Å². The van der Waals surface area contributed by atoms with Crippen LogP contribution >= 0.6 is 23.1 Å². The molecule has 0 radical (unpaired) electrons. The van der Waals surface area contributed by atoms with E-state index in [9.17, 15) is 14.4 Å². The van der Waals surface area contributed by atoms with Crippen molar-refractivity contribution in [3.05, 3.63) is 48.0 Å². The van der Waals surface area contributed by atoms with E-state index in [4.69, 9.17) is 0 Å². The molecule has 0 saturated carbocycles. The Morgan fingerprint density at radius 1 is 1.07 bits per heavy atom. The largest absolute Gasteiger partial charge is 0.332 e. The second kappa shape index (κ2) is 7.55. The van der Waals surface area contributed by atoms with Crippen molar-refractivity contribution in [1.29, 1.82) is 0 Å². The van der Waals surface area contributed by atoms with Crippen LogP contribution in [0.25, 0.3) is 21.4 Å². The van der Waals surface area contributed by atoms with Crippen LogP contribution in [0.4, 0.5) is 0 Å². The maximum absolute atomic E-state index is 12.8. The highest BCUT2D eigenvalue weighted by Gasteiger charge is 2.16. The zero-order valence-corrected chi connectivity index (χ0v) is 19.1. The maximum atomic E-state index is 12.8. The Morgan fingerprint density at radius 2 is 1.80 bits per heavy atom. The van der Waals surface area contributed by atoms with Gasteiger partial charge in [-0.15, -0.1) is 11.3 Å². The number of nitrogens with zero attached hydrogens (tertiary/aromatic N) is 6. The molecule has 0 aliphatic heterocycles. The first-order chi connectivity index (χ1) is 14.2. The monoisotopic (exact) mass is 446 g/mol. The molecule has 4 aromatic heterocycles. The molecule has 0 fully saturated rings. The minimum absolute atomic E-state index is 0.0453. The molecular weight excluding hydrogens is 424 g/mol. The summed E-state index contributed by atoms with van der Waals surface area (Å²) in [6.07, 6.45) is 2.11. The molecule has 0 aliphatic rings. The summed E-state index contributed by atoms with van der Waals surface area (Å²) in [5.74, 6) is 0.619. The molecule has 0 spiro atoms. The van der Waals surface area contributed by atoms with Gasteiger partial charge in [0.05, 0.1) is 11.7 Å². The number of hydrogen-bond donors (Lipinski definition) is 0. The molecule has 0 bridgehead atoms. The molecule has 0 aromatic carbocycles. The summed E-state index contributed by atoms with van der Waals surface area (Å²) in [6, 6.07) is 0. The highest BCUT2D eigenvalue weighted by atomic mass is 32.2. The first-order valence-corrected chi connectivity index (χ1v) is 11.2. The minimum Gasteiger partial charge on any atom is -0.328 e. The molecule has 30 heavy (non-hydrogen) atoms. The standard InChI is InChI=1S/C19H22N6O3S2/c1-10-11(2)30-15-12(10)16(26)24(5)18(21-15)29-8-6-7-25-17(27)13-14(20-9-22(13)3)23(4)19(25)28/h9H,6-8H2,1-5H3. The van der Waals surface area contributed by atoms with Crippen molar-refractivity contribution in [1.82, 2.24) is 28.2 Å². The molecule has 0 saturated heterocycles. The Labute approximate surface area is 179 Å². The van der Waals surface area contributed by atoms with Crippen LogP contribution in [0.3, 0.4) is 0 Å². The molecule has 0 unspecified atom stereocenters. The van der Waals surface area contributed by atoms with Gasteiger partial charge in [-0.2, -0.15) is 0 Å². The quantitative estimate of drug-likeness (QED) is 0.262. The van der Waals surface area contributed by atoms with Gasteiger partial charge in [-0.3, -0.25) is 23.3 Å². The van der Waals surface area contributed by atoms with Crippen LogP contribution in [-0.2, 0) is 27.7 Å². The van der Waals surface area contributed by atoms with E-state index >= 15 is 0 Å². The lowest BCUT2D eigenvalue weighted by atomic mass is 10.2. The van der Waals surface area contributed by atoms with Gasteiger partial charge in [0.1, 0.15) is 4.83 Å². The minimum atomic E-state index is -0.382. The van der Waals surface area contributed by atoms with E-state index in [2.05, 4.69) is 9.97 Å². The highest BCUT2D eigenvalue weighted by Crippen LogP contribution is 2.28. The fourth-order valence-electron chi connectivity index (χ4n) is 3.46. The van der Waals surface area contributed by atoms with E-state index in [1.165, 1.54) is 38.6 Å². The van der Waals surface area contributed by atoms with Gasteiger partial charge < -0.3 is 4.57 Å². The van der Waals surface area contributed by atoms with E-state index in [1.54, 1.807) is 30.3 Å². The van der Waals surface area contributed by atoms with Crippen molar-refractivity contribution >= 4 is 44.5 Å². The highest BCUT2D eigenvalue weighted by molar-refractivity contribution is 7.99. The topological polar surface area (TPSA) is 96.7 Å². The molecule has 0 atom stereocenters. The van der Waals surface area contributed by atoms with E-state index in [1.807, 2.05) is 13.8 Å². The average Bonchev–Trinajstić information content (AvgIpc) is 3.23. The van der Waals surface area contributed by atoms with Crippen LogP contribution in [-0.4, -0.2) is 34.0 Å². The van der Waals surface area contributed by atoms with Crippen molar-refractivity contribution in [3.63, 3.8) is 0 Å². The van der Waals surface area contributed by atoms with Gasteiger partial charge in [0.15, 0.2) is 16.3 Å². The van der Waals surface area contributed by atoms with E-state index in [0.717, 1.165) is 15.3 Å². The number of aromatic nitrogens is 6. The Kier molecular flexibility index (Phi) is 5.18. The Balaban J connectivity index is 1.56. The summed E-state index contributed by atoms with van der Waals surface area (Å²) in [7, 11) is 5.07. The second-order valence-corrected chi connectivity index (χ2v) is 9.52. The molecule has 0 aliphatic carbocycles. The van der Waals surface area contributed by atoms with Crippen molar-refractivity contribution in [2.45, 2.75) is 32.0 Å². The van der Waals surface area contributed by atoms with Crippen LogP contribution in [0.5, 0.6) is 0 Å². The SMILES string of the molecule is Cc1sc2nc(SCCCn3c(=O)c4c(ncn4C)n(C)c3=O)n(C)c(=O)c2c1C. The third-order valence-corrected chi connectivity index (χ3v) is 7.54. The van der Waals surface area contributed by atoms with Crippen LogP contribution < -0.4 is 16.8 Å². The van der Waals surface area contributed by atoms with Gasteiger partial charge in [0, 0.05) is 38.3 Å². The first kappa shape index (κ1) is 20.6. The van der Waals surface area contributed by atoms with Gasteiger partial charge in [-0.1, -0.05) is 11.8 Å². The summed E-state index contributed by atoms with van der Waals surface area (Å²) in [4.78, 5) is 48.7. The zero-order chi connectivity index (χ0) is 21.7. The lowest BCUT2D eigenvalue weighted by molar-refractivity contribution is 0.593. The number of thiophene rings is 1. The summed E-state index contributed by atoms with van der Waals surface area (Å²) >= 11 is 2.98. The van der Waals surface area contributed by atoms with Gasteiger partial charge in [0.2, 0.25) is 0 Å². The maximum Gasteiger partial charge on any atom is 0.332 e. The second-order valence-electron chi connectivity index (χ2n) is 7.25. The van der Waals surface area contributed by atoms with E-state index < -0.39 is 0 Å². The summed E-state index contributed by atoms with van der Waals surface area (Å²) < 4.78 is 5.83. The number of thioether (sulfide) groups is 1. The molecule has 0 N–H and O–H groups in total. The summed E-state index contributed by atoms with van der Waals surface area (Å²) in [5, 5.41) is 1.32. The predicted octanol–water partition coefficient (Wildman–Crippen LogP) is 1.54. The van der Waals surface area contributed by atoms with E-state index in [-0.39, 0.29) is 23.4 Å². The number of rotatable bonds is 5. The van der Waals surface area contributed by atoms with Crippen molar-refractivity contribution in [3.8, 4) is 0 Å². The number of hydrogen-bond acceptors (Lipinski definition) is 7. The fraction of sp³-hybridized carbons (Fsp3) is 0.421. The van der Waals surface area contributed by atoms with Crippen molar-refractivity contribution in [2.24, 2.45) is 21.1 Å². The fourth-order valence-corrected chi connectivity index (χ4v) is 5.43. The Hall–Kier alpha value is -2.66. The summed E-state index contributed by atoms with van der Waals surface area (Å²) in [6.45, 7) is 4.22. The number of imidazole rings is 1. The Morgan fingerprint density at radius 3 is 2.53 bits per heavy atom. The third-order valence-electron chi connectivity index (χ3n) is 5.33. The third kappa shape index (κ3) is 3.12. The van der Waals surface area contributed by atoms with Crippen molar-refractivity contribution in [2.75, 3.05) is 5.75 Å². The molecule has 0 amide bonds. The van der Waals surface area contributed by atoms with Gasteiger partial charge in [-0.05, 0) is 25.8 Å². The van der Waals surface area contributed by atoms with Crippen molar-refractivity contribution < 1.29 is 0 Å². The molecule has 9 nitrogen and oxygen atoms in total. The zero-order valence-electron chi connectivity index (χ0n) is 17.4. The lowest BCUT2D eigenvalue weighted by Crippen LogP contribution is -2.39. The van der Waals surface area contributed by atoms with Gasteiger partial charge >= 0.3 is 5.69 Å². The van der Waals surface area contributed by atoms with E-state index in [0.29, 0.717) is 33.9 Å². The number of fused-ring (bicyclic) bond motifs is 2. The molecular formula is C19H22N6O3S2. The predicted molar refractivity (Wildman–Crippen MR) is 120 cm³/mol. The Bertz CT molecular complexity index is 1470. The van der Waals surface area contributed by atoms with Crippen LogP contribution in [0.2, 0.25) is 0 Å². The average molecular weight is 447 g/mol. The molecule has 4 heterocycles. The normalized spacial score (nSPS) is 11.8. The smallest absolute Gasteiger partial charge is 0.328 e. The molecule has 11 heteroatoms. The lowest BCUT2D eigenvalue weighted by Gasteiger charge is -2.09. The molecule has 4 rings (SSSR count).